The number of aliphatic imine (C=N–C) groups is 1. The van der Waals surface area contributed by atoms with Gasteiger partial charge < -0.3 is 30.1 Å². The lowest BCUT2D eigenvalue weighted by Crippen LogP contribution is -2.47. The molecular weight excluding hydrogens is 524 g/mol. The van der Waals surface area contributed by atoms with E-state index in [4.69, 9.17) is 16.3 Å². The van der Waals surface area contributed by atoms with Crippen molar-refractivity contribution in [2.75, 3.05) is 72.0 Å². The lowest BCUT2D eigenvalue weighted by Gasteiger charge is -2.35. The topological polar surface area (TPSA) is 72.4 Å². The van der Waals surface area contributed by atoms with Crippen molar-refractivity contribution >= 4 is 23.9 Å². The van der Waals surface area contributed by atoms with Crippen molar-refractivity contribution < 1.29 is 9.53 Å². The Balaban J connectivity index is 1.04. The number of ether oxygens (including phenoxy) is 1. The van der Waals surface area contributed by atoms with E-state index in [0.717, 1.165) is 63.1 Å². The summed E-state index contributed by atoms with van der Waals surface area (Å²) >= 11 is 6.15. The van der Waals surface area contributed by atoms with E-state index in [9.17, 15) is 4.79 Å². The number of alkyl carbamates (subject to hydrolysis) is 1. The number of amides is 1. The number of hydrogen-bond acceptors (Lipinski definition) is 7. The van der Waals surface area contributed by atoms with Gasteiger partial charge in [-0.05, 0) is 103 Å². The molecule has 1 saturated carbocycles. The number of carbonyl (C=O) groups excluding carboxylic acids is 1. The molecule has 0 aromatic rings. The average molecular weight is 575 g/mol. The third-order valence-electron chi connectivity index (χ3n) is 7.96. The molecule has 4 aliphatic rings. The molecule has 1 saturated heterocycles. The van der Waals surface area contributed by atoms with Crippen LogP contribution in [0.2, 0.25) is 0 Å². The summed E-state index contributed by atoms with van der Waals surface area (Å²) in [5.41, 5.74) is 0.801. The lowest BCUT2D eigenvalue weighted by atomic mass is 9.90. The summed E-state index contributed by atoms with van der Waals surface area (Å²) in [6, 6.07) is 0.125. The summed E-state index contributed by atoms with van der Waals surface area (Å²) in [6.07, 6.45) is 15.9. The standard InChI is InChI=1S/C31H51ClN6O2/c1-31(2,3)40-30(39)35-13-5-16-38(24-25-7-8-25)18-6-17-37-21-19-36(20-22-37)15-4-12-33-28-11-14-34-29-23-26(32)9-10-27(28)29/h9-11,14,23,25,27,29,33H,4-8,12-13,15-22,24H2,1-3H3,(H,35,39). The van der Waals surface area contributed by atoms with Gasteiger partial charge >= 0.3 is 6.09 Å². The van der Waals surface area contributed by atoms with E-state index in [1.165, 1.54) is 51.1 Å². The van der Waals surface area contributed by atoms with Crippen LogP contribution in [0, 0.1) is 11.8 Å². The summed E-state index contributed by atoms with van der Waals surface area (Å²) in [4.78, 5) is 24.3. The van der Waals surface area contributed by atoms with Gasteiger partial charge in [0.15, 0.2) is 0 Å². The number of hydrogen-bond donors (Lipinski definition) is 2. The molecule has 0 aromatic carbocycles. The highest BCUT2D eigenvalue weighted by molar-refractivity contribution is 6.31. The zero-order valence-corrected chi connectivity index (χ0v) is 25.7. The molecule has 2 heterocycles. The molecule has 2 atom stereocenters. The number of allylic oxidation sites excluding steroid dienone is 3. The Morgan fingerprint density at radius 2 is 1.77 bits per heavy atom. The van der Waals surface area contributed by atoms with Crippen molar-refractivity contribution in [3.8, 4) is 0 Å². The highest BCUT2D eigenvalue weighted by Crippen LogP contribution is 2.30. The number of carbonyl (C=O) groups is 1. The quantitative estimate of drug-likeness (QED) is 0.285. The van der Waals surface area contributed by atoms with Crippen molar-refractivity contribution in [3.63, 3.8) is 0 Å². The minimum absolute atomic E-state index is 0.125. The minimum atomic E-state index is -0.446. The Labute approximate surface area is 246 Å². The molecule has 1 amide bonds. The van der Waals surface area contributed by atoms with Crippen LogP contribution in [0.3, 0.4) is 0 Å². The monoisotopic (exact) mass is 574 g/mol. The van der Waals surface area contributed by atoms with Crippen LogP contribution in [0.25, 0.3) is 0 Å². The molecule has 0 bridgehead atoms. The maximum absolute atomic E-state index is 11.9. The van der Waals surface area contributed by atoms with Crippen LogP contribution in [-0.2, 0) is 4.74 Å². The highest BCUT2D eigenvalue weighted by atomic mass is 35.5. The van der Waals surface area contributed by atoms with E-state index in [1.54, 1.807) is 0 Å². The first kappa shape index (κ1) is 31.1. The van der Waals surface area contributed by atoms with Gasteiger partial charge in [-0.25, -0.2) is 4.79 Å². The third kappa shape index (κ3) is 11.2. The van der Waals surface area contributed by atoms with Crippen LogP contribution in [-0.4, -0.2) is 111 Å². The van der Waals surface area contributed by atoms with E-state index in [1.807, 2.05) is 39.1 Å². The molecule has 2 unspecified atom stereocenters. The summed E-state index contributed by atoms with van der Waals surface area (Å²) in [5.74, 6) is 1.17. The van der Waals surface area contributed by atoms with Gasteiger partial charge in [0.25, 0.3) is 0 Å². The Morgan fingerprint density at radius 1 is 1.07 bits per heavy atom. The van der Waals surface area contributed by atoms with Crippen LogP contribution in [0.5, 0.6) is 0 Å². The fraction of sp³-hybridized carbons (Fsp3) is 0.742. The Kier molecular flexibility index (Phi) is 12.0. The van der Waals surface area contributed by atoms with Crippen molar-refractivity contribution in [3.05, 3.63) is 35.0 Å². The van der Waals surface area contributed by atoms with E-state index in [2.05, 4.69) is 42.5 Å². The summed E-state index contributed by atoms with van der Waals surface area (Å²) < 4.78 is 5.34. The normalized spacial score (nSPS) is 23.5. The second kappa shape index (κ2) is 15.4. The zero-order chi connectivity index (χ0) is 28.4. The smallest absolute Gasteiger partial charge is 0.407 e. The average Bonchev–Trinajstić information content (AvgIpc) is 3.72. The highest BCUT2D eigenvalue weighted by Gasteiger charge is 2.26. The molecule has 0 spiro atoms. The fourth-order valence-corrected chi connectivity index (χ4v) is 5.82. The van der Waals surface area contributed by atoms with E-state index < -0.39 is 5.60 Å². The van der Waals surface area contributed by atoms with Crippen LogP contribution >= 0.6 is 11.6 Å². The van der Waals surface area contributed by atoms with Gasteiger partial charge in [0.05, 0.1) is 6.04 Å². The van der Waals surface area contributed by atoms with E-state index in [0.29, 0.717) is 6.54 Å². The lowest BCUT2D eigenvalue weighted by molar-refractivity contribution is 0.0525. The largest absolute Gasteiger partial charge is 0.444 e. The Hall–Kier alpha value is -1.87. The minimum Gasteiger partial charge on any atom is -0.444 e. The van der Waals surface area contributed by atoms with Gasteiger partial charge in [0.1, 0.15) is 5.60 Å². The van der Waals surface area contributed by atoms with Crippen LogP contribution in [0.15, 0.2) is 40.0 Å². The predicted octanol–water partition coefficient (Wildman–Crippen LogP) is 4.25. The summed E-state index contributed by atoms with van der Waals surface area (Å²) in [7, 11) is 0. The number of nitrogens with zero attached hydrogens (tertiary/aromatic N) is 4. The molecule has 2 fully saturated rings. The molecular formula is C31H51ClN6O2. The first-order chi connectivity index (χ1) is 19.2. The van der Waals surface area contributed by atoms with Crippen molar-refractivity contribution in [2.24, 2.45) is 16.8 Å². The molecule has 4 rings (SSSR count). The molecule has 0 radical (unpaired) electrons. The molecule has 2 aliphatic heterocycles. The second-order valence-corrected chi connectivity index (χ2v) is 13.1. The predicted molar refractivity (Wildman–Crippen MR) is 165 cm³/mol. The van der Waals surface area contributed by atoms with Gasteiger partial charge in [-0.15, -0.1) is 0 Å². The third-order valence-corrected chi connectivity index (χ3v) is 8.21. The molecule has 40 heavy (non-hydrogen) atoms. The molecule has 2 N–H and O–H groups in total. The molecule has 9 heteroatoms. The number of rotatable bonds is 15. The van der Waals surface area contributed by atoms with E-state index in [-0.39, 0.29) is 18.1 Å². The second-order valence-electron chi connectivity index (χ2n) is 12.7. The molecule has 224 valence electrons. The van der Waals surface area contributed by atoms with Crippen LogP contribution in [0.1, 0.15) is 52.9 Å². The molecule has 0 aromatic heterocycles. The number of nitrogens with one attached hydrogen (secondary N) is 2. The first-order valence-corrected chi connectivity index (χ1v) is 15.8. The Morgan fingerprint density at radius 3 is 2.48 bits per heavy atom. The maximum Gasteiger partial charge on any atom is 0.407 e. The number of piperazine rings is 1. The van der Waals surface area contributed by atoms with E-state index >= 15 is 0 Å². The van der Waals surface area contributed by atoms with Gasteiger partial charge in [-0.1, -0.05) is 17.7 Å². The molecule has 8 nitrogen and oxygen atoms in total. The maximum atomic E-state index is 11.9. The van der Waals surface area contributed by atoms with Crippen molar-refractivity contribution in [1.29, 1.82) is 0 Å². The van der Waals surface area contributed by atoms with Gasteiger partial charge in [0, 0.05) is 68.7 Å². The van der Waals surface area contributed by atoms with Gasteiger partial charge in [0.2, 0.25) is 0 Å². The molecule has 2 aliphatic carbocycles. The van der Waals surface area contributed by atoms with Gasteiger partial charge in [-0.2, -0.15) is 0 Å². The summed E-state index contributed by atoms with van der Waals surface area (Å²) in [5, 5.41) is 7.33. The SMILES string of the molecule is CC(C)(C)OC(=O)NCCCN(CCCN1CCN(CCCNC2=CC=NC3C=C(Cl)C=CC23)CC1)CC1CC1. The van der Waals surface area contributed by atoms with Gasteiger partial charge in [-0.3, -0.25) is 4.99 Å². The number of fused-ring (bicyclic) bond motifs is 1. The van der Waals surface area contributed by atoms with Crippen molar-refractivity contribution in [1.82, 2.24) is 25.3 Å². The van der Waals surface area contributed by atoms with Crippen LogP contribution < -0.4 is 10.6 Å². The Bertz CT molecular complexity index is 931. The fourth-order valence-electron chi connectivity index (χ4n) is 5.62. The zero-order valence-electron chi connectivity index (χ0n) is 24.9. The first-order valence-electron chi connectivity index (χ1n) is 15.4. The number of dihydropyridines is 1. The van der Waals surface area contributed by atoms with Crippen LogP contribution in [0.4, 0.5) is 4.79 Å². The number of halogens is 1. The van der Waals surface area contributed by atoms with Crippen molar-refractivity contribution in [2.45, 2.75) is 64.5 Å². The summed E-state index contributed by atoms with van der Waals surface area (Å²) in [6.45, 7) is 17.7.